The SMILES string of the molecule is CO[C@@H]1[C@@H](n2cc(-c3cc(F)c(F)c(F)c3)nn2)[C@@H](O)[C@@H](CO)O[C@@H]1C[C@@H]1CC(C2CCN(C(=O)OC(C)(C)C)CC2)=NO1. The Balaban J connectivity index is 1.24. The number of hydrogen-bond acceptors (Lipinski definition) is 10. The lowest BCUT2D eigenvalue weighted by atomic mass is 9.86. The van der Waals surface area contributed by atoms with Crippen LogP contribution in [-0.2, 0) is 19.0 Å². The number of benzene rings is 1. The first kappa shape index (κ1) is 32.1. The Morgan fingerprint density at radius 1 is 1.14 bits per heavy atom. The summed E-state index contributed by atoms with van der Waals surface area (Å²) in [5, 5.41) is 33.4. The summed E-state index contributed by atoms with van der Waals surface area (Å²) in [6.45, 7) is 6.11. The number of aliphatic hydroxyl groups excluding tert-OH is 2. The van der Waals surface area contributed by atoms with Gasteiger partial charge in [-0.3, -0.25) is 0 Å². The van der Waals surface area contributed by atoms with E-state index in [-0.39, 0.29) is 29.4 Å². The molecule has 1 aromatic carbocycles. The second-order valence-electron chi connectivity index (χ2n) is 12.4. The van der Waals surface area contributed by atoms with E-state index < -0.39 is 60.1 Å². The minimum absolute atomic E-state index is 0.0422. The molecule has 242 valence electrons. The van der Waals surface area contributed by atoms with E-state index in [1.165, 1.54) is 18.0 Å². The van der Waals surface area contributed by atoms with E-state index in [0.29, 0.717) is 25.9 Å². The molecule has 1 aromatic heterocycles. The molecule has 3 aliphatic rings. The van der Waals surface area contributed by atoms with Gasteiger partial charge < -0.3 is 34.2 Å². The zero-order chi connectivity index (χ0) is 31.8. The molecular formula is C29H38F3N5O7. The third-order valence-electron chi connectivity index (χ3n) is 8.20. The zero-order valence-corrected chi connectivity index (χ0v) is 25.0. The third kappa shape index (κ3) is 6.85. The molecule has 0 saturated carbocycles. The fraction of sp³-hybridized carbons (Fsp3) is 0.655. The second kappa shape index (κ2) is 13.0. The summed E-state index contributed by atoms with van der Waals surface area (Å²) < 4.78 is 59.7. The van der Waals surface area contributed by atoms with Crippen LogP contribution in [0.4, 0.5) is 18.0 Å². The quantitative estimate of drug-likeness (QED) is 0.444. The molecule has 44 heavy (non-hydrogen) atoms. The number of piperidine rings is 1. The molecule has 0 spiro atoms. The number of oxime groups is 1. The van der Waals surface area contributed by atoms with Crippen LogP contribution in [0.3, 0.4) is 0 Å². The minimum Gasteiger partial charge on any atom is -0.444 e. The fourth-order valence-electron chi connectivity index (χ4n) is 6.01. The van der Waals surface area contributed by atoms with Crippen LogP contribution in [0.2, 0.25) is 0 Å². The summed E-state index contributed by atoms with van der Waals surface area (Å²) in [6.07, 6.45) is -0.725. The summed E-state index contributed by atoms with van der Waals surface area (Å²) in [6, 6.07) is 0.708. The predicted molar refractivity (Wildman–Crippen MR) is 149 cm³/mol. The van der Waals surface area contributed by atoms with Gasteiger partial charge in [0, 0.05) is 44.5 Å². The van der Waals surface area contributed by atoms with Gasteiger partial charge >= 0.3 is 6.09 Å². The molecule has 2 saturated heterocycles. The Kier molecular flexibility index (Phi) is 9.49. The number of nitrogens with zero attached hydrogens (tertiary/aromatic N) is 5. The Morgan fingerprint density at radius 2 is 1.82 bits per heavy atom. The molecule has 1 amide bonds. The summed E-state index contributed by atoms with van der Waals surface area (Å²) in [4.78, 5) is 19.9. The van der Waals surface area contributed by atoms with Crippen molar-refractivity contribution in [3.8, 4) is 11.3 Å². The van der Waals surface area contributed by atoms with E-state index in [1.807, 2.05) is 20.8 Å². The van der Waals surface area contributed by atoms with Crippen LogP contribution < -0.4 is 0 Å². The minimum atomic E-state index is -1.60. The average Bonchev–Trinajstić information content (AvgIpc) is 3.66. The van der Waals surface area contributed by atoms with Crippen molar-refractivity contribution < 1.29 is 47.2 Å². The number of halogens is 3. The zero-order valence-electron chi connectivity index (χ0n) is 25.0. The topological polar surface area (TPSA) is 141 Å². The van der Waals surface area contributed by atoms with E-state index >= 15 is 0 Å². The van der Waals surface area contributed by atoms with Crippen molar-refractivity contribution in [2.45, 2.75) is 88.6 Å². The highest BCUT2D eigenvalue weighted by molar-refractivity contribution is 5.88. The van der Waals surface area contributed by atoms with Gasteiger partial charge in [0.05, 0.1) is 24.6 Å². The fourth-order valence-corrected chi connectivity index (χ4v) is 6.01. The van der Waals surface area contributed by atoms with Crippen molar-refractivity contribution in [2.24, 2.45) is 11.1 Å². The van der Waals surface area contributed by atoms with E-state index in [0.717, 1.165) is 30.7 Å². The first-order valence-electron chi connectivity index (χ1n) is 14.6. The molecule has 3 aliphatic heterocycles. The second-order valence-corrected chi connectivity index (χ2v) is 12.4. The Morgan fingerprint density at radius 3 is 2.43 bits per heavy atom. The largest absolute Gasteiger partial charge is 0.444 e. The van der Waals surface area contributed by atoms with Gasteiger partial charge in [-0.1, -0.05) is 10.4 Å². The molecule has 0 bridgehead atoms. The molecule has 6 atom stereocenters. The highest BCUT2D eigenvalue weighted by Crippen LogP contribution is 2.36. The Labute approximate surface area is 252 Å². The number of methoxy groups -OCH3 is 1. The van der Waals surface area contributed by atoms with Crippen molar-refractivity contribution in [3.05, 3.63) is 35.8 Å². The first-order valence-corrected chi connectivity index (χ1v) is 14.6. The summed E-state index contributed by atoms with van der Waals surface area (Å²) >= 11 is 0. The van der Waals surface area contributed by atoms with E-state index in [1.54, 1.807) is 4.90 Å². The molecule has 15 heteroatoms. The standard InChI is InChI=1S/C29H38F3N5O7/c1-29(2,3)43-28(40)36-7-5-15(6-8-36)20-11-17(44-34-20)12-22-27(41-4)25(26(39)23(14-38)42-22)37-13-21(33-35-37)16-9-18(30)24(32)19(31)10-16/h9-10,13,15,17,22-23,25-27,38-39H,5-8,11-12,14H2,1-4H3/t17-,22+,23+,25-,26-,27-/m0/s1. The monoisotopic (exact) mass is 625 g/mol. The lowest BCUT2D eigenvalue weighted by Crippen LogP contribution is -2.57. The molecule has 12 nitrogen and oxygen atoms in total. The van der Waals surface area contributed by atoms with Gasteiger partial charge in [-0.05, 0) is 45.7 Å². The van der Waals surface area contributed by atoms with Crippen LogP contribution in [0.25, 0.3) is 11.3 Å². The number of amides is 1. The molecule has 0 unspecified atom stereocenters. The molecular weight excluding hydrogens is 587 g/mol. The van der Waals surface area contributed by atoms with Crippen LogP contribution >= 0.6 is 0 Å². The molecule has 2 aromatic rings. The number of likely N-dealkylation sites (tertiary alicyclic amines) is 1. The van der Waals surface area contributed by atoms with Gasteiger partial charge in [0.2, 0.25) is 0 Å². The molecule has 2 N–H and O–H groups in total. The van der Waals surface area contributed by atoms with Gasteiger partial charge in [0.15, 0.2) is 17.5 Å². The number of aromatic nitrogens is 3. The van der Waals surface area contributed by atoms with Crippen molar-refractivity contribution in [3.63, 3.8) is 0 Å². The molecule has 2 fully saturated rings. The van der Waals surface area contributed by atoms with E-state index in [4.69, 9.17) is 19.0 Å². The first-order chi connectivity index (χ1) is 20.9. The molecule has 0 aliphatic carbocycles. The van der Waals surface area contributed by atoms with Crippen LogP contribution in [0.5, 0.6) is 0 Å². The smallest absolute Gasteiger partial charge is 0.410 e. The van der Waals surface area contributed by atoms with Crippen LogP contribution in [0.1, 0.15) is 52.5 Å². The van der Waals surface area contributed by atoms with E-state index in [9.17, 15) is 28.2 Å². The molecule has 0 radical (unpaired) electrons. The number of carbonyl (C=O) groups is 1. The number of aliphatic hydroxyl groups is 2. The van der Waals surface area contributed by atoms with Gasteiger partial charge in [0.25, 0.3) is 0 Å². The van der Waals surface area contributed by atoms with Crippen molar-refractivity contribution in [1.29, 1.82) is 0 Å². The van der Waals surface area contributed by atoms with Gasteiger partial charge in [-0.15, -0.1) is 5.10 Å². The number of hydrogen-bond donors (Lipinski definition) is 2. The number of ether oxygens (including phenoxy) is 3. The highest BCUT2D eigenvalue weighted by Gasteiger charge is 2.48. The van der Waals surface area contributed by atoms with Gasteiger partial charge in [-0.2, -0.15) is 0 Å². The van der Waals surface area contributed by atoms with Crippen molar-refractivity contribution in [1.82, 2.24) is 19.9 Å². The van der Waals surface area contributed by atoms with Gasteiger partial charge in [0.1, 0.15) is 41.8 Å². The average molecular weight is 626 g/mol. The maximum Gasteiger partial charge on any atom is 0.410 e. The normalized spacial score (nSPS) is 28.1. The van der Waals surface area contributed by atoms with Crippen LogP contribution in [-0.4, -0.2) is 105 Å². The Hall–Kier alpha value is -3.27. The van der Waals surface area contributed by atoms with Gasteiger partial charge in [-0.25, -0.2) is 22.6 Å². The number of rotatable bonds is 7. The lowest BCUT2D eigenvalue weighted by molar-refractivity contribution is -0.219. The van der Waals surface area contributed by atoms with Crippen LogP contribution in [0, 0.1) is 23.4 Å². The summed E-state index contributed by atoms with van der Waals surface area (Å²) in [7, 11) is 1.44. The lowest BCUT2D eigenvalue weighted by Gasteiger charge is -2.44. The maximum atomic E-state index is 13.8. The molecule has 5 rings (SSSR count). The number of carbonyl (C=O) groups excluding carboxylic acids is 1. The Bertz CT molecular complexity index is 1340. The van der Waals surface area contributed by atoms with Crippen molar-refractivity contribution in [2.75, 3.05) is 26.8 Å². The van der Waals surface area contributed by atoms with Crippen molar-refractivity contribution >= 4 is 11.8 Å². The molecule has 4 heterocycles. The van der Waals surface area contributed by atoms with E-state index in [2.05, 4.69) is 15.5 Å². The maximum absolute atomic E-state index is 13.8. The summed E-state index contributed by atoms with van der Waals surface area (Å²) in [5.41, 5.74) is 0.342. The summed E-state index contributed by atoms with van der Waals surface area (Å²) in [5.74, 6) is -4.19. The highest BCUT2D eigenvalue weighted by atomic mass is 19.2. The van der Waals surface area contributed by atoms with Crippen LogP contribution in [0.15, 0.2) is 23.5 Å². The third-order valence-corrected chi connectivity index (χ3v) is 8.20. The predicted octanol–water partition coefficient (Wildman–Crippen LogP) is 3.22.